The van der Waals surface area contributed by atoms with Gasteiger partial charge in [-0.05, 0) is 30.7 Å². The number of aromatic hydroxyl groups is 1. The molecule has 4 nitrogen and oxygen atoms in total. The maximum absolute atomic E-state index is 12.9. The molecule has 1 unspecified atom stereocenters. The molecule has 2 rings (SSSR count). The average Bonchev–Trinajstić information content (AvgIpc) is 2.48. The summed E-state index contributed by atoms with van der Waals surface area (Å²) in [4.78, 5) is 11.9. The molecule has 0 aliphatic rings. The van der Waals surface area contributed by atoms with Gasteiger partial charge in [-0.15, -0.1) is 0 Å². The zero-order chi connectivity index (χ0) is 16.2. The summed E-state index contributed by atoms with van der Waals surface area (Å²) in [7, 11) is 0. The molecule has 2 aromatic carbocycles. The van der Waals surface area contributed by atoms with Crippen molar-refractivity contribution in [3.63, 3.8) is 0 Å². The second-order valence-corrected chi connectivity index (χ2v) is 5.36. The summed E-state index contributed by atoms with van der Waals surface area (Å²) in [6.45, 7) is 1.53. The van der Waals surface area contributed by atoms with Crippen LogP contribution in [0.15, 0.2) is 48.5 Å². The number of amides is 1. The number of nitrogens with one attached hydrogen (secondary N) is 1. The smallest absolute Gasteiger partial charge is 0.224 e. The molecule has 0 saturated heterocycles. The van der Waals surface area contributed by atoms with Crippen molar-refractivity contribution in [3.8, 4) is 5.75 Å². The summed E-state index contributed by atoms with van der Waals surface area (Å²) in [5, 5.41) is 22.6. The maximum Gasteiger partial charge on any atom is 0.224 e. The van der Waals surface area contributed by atoms with Gasteiger partial charge in [0.05, 0.1) is 13.0 Å². The number of halogens is 1. The number of phenolic OH excluding ortho intramolecular Hbond substituents is 1. The number of para-hydroxylation sites is 1. The van der Waals surface area contributed by atoms with Crippen molar-refractivity contribution in [3.05, 3.63) is 65.5 Å². The molecule has 0 saturated carbocycles. The molecule has 2 aromatic rings. The summed E-state index contributed by atoms with van der Waals surface area (Å²) in [5.41, 5.74) is -0.277. The predicted octanol–water partition coefficient (Wildman–Crippen LogP) is 2.10. The Balaban J connectivity index is 1.95. The molecule has 0 spiro atoms. The Bertz CT molecular complexity index is 653. The van der Waals surface area contributed by atoms with Gasteiger partial charge in [-0.2, -0.15) is 0 Å². The molecule has 0 heterocycles. The molecule has 0 aromatic heterocycles. The lowest BCUT2D eigenvalue weighted by Crippen LogP contribution is -2.39. The van der Waals surface area contributed by atoms with Gasteiger partial charge in [0.1, 0.15) is 17.2 Å². The Morgan fingerprint density at radius 1 is 1.18 bits per heavy atom. The summed E-state index contributed by atoms with van der Waals surface area (Å²) in [6.07, 6.45) is 0.0200. The summed E-state index contributed by atoms with van der Waals surface area (Å²) in [6, 6.07) is 12.0. The van der Waals surface area contributed by atoms with E-state index >= 15 is 0 Å². The minimum absolute atomic E-state index is 0.00887. The Labute approximate surface area is 128 Å². The Hall–Kier alpha value is -2.40. The highest BCUT2D eigenvalue weighted by molar-refractivity contribution is 5.79. The number of hydrogen-bond acceptors (Lipinski definition) is 3. The fourth-order valence-electron chi connectivity index (χ4n) is 2.08. The lowest BCUT2D eigenvalue weighted by molar-refractivity contribution is -0.121. The van der Waals surface area contributed by atoms with Crippen molar-refractivity contribution in [1.82, 2.24) is 5.32 Å². The largest absolute Gasteiger partial charge is 0.508 e. The monoisotopic (exact) mass is 303 g/mol. The van der Waals surface area contributed by atoms with Crippen molar-refractivity contribution in [2.45, 2.75) is 18.9 Å². The fourth-order valence-corrected chi connectivity index (χ4v) is 2.08. The van der Waals surface area contributed by atoms with Crippen LogP contribution in [0.2, 0.25) is 0 Å². The highest BCUT2D eigenvalue weighted by atomic mass is 19.1. The van der Waals surface area contributed by atoms with Gasteiger partial charge in [0.25, 0.3) is 0 Å². The minimum atomic E-state index is -1.30. The van der Waals surface area contributed by atoms with Crippen LogP contribution in [-0.2, 0) is 16.8 Å². The number of carbonyl (C=O) groups is 1. The van der Waals surface area contributed by atoms with Crippen molar-refractivity contribution >= 4 is 5.91 Å². The summed E-state index contributed by atoms with van der Waals surface area (Å²) >= 11 is 0. The zero-order valence-electron chi connectivity index (χ0n) is 12.2. The van der Waals surface area contributed by atoms with Gasteiger partial charge < -0.3 is 15.5 Å². The van der Waals surface area contributed by atoms with Gasteiger partial charge >= 0.3 is 0 Å². The van der Waals surface area contributed by atoms with Crippen LogP contribution in [0.1, 0.15) is 18.1 Å². The lowest BCUT2D eigenvalue weighted by atomic mass is 9.96. The maximum atomic E-state index is 12.9. The molecule has 1 atom stereocenters. The third kappa shape index (κ3) is 4.05. The van der Waals surface area contributed by atoms with Crippen molar-refractivity contribution in [2.24, 2.45) is 0 Å². The molecule has 0 aliphatic heterocycles. The second kappa shape index (κ2) is 6.58. The SMILES string of the molecule is CC(O)(CNC(=O)Cc1ccccc1O)c1ccc(F)cc1. The molecule has 5 heteroatoms. The molecular formula is C17H18FNO3. The van der Waals surface area contributed by atoms with Gasteiger partial charge in [0.2, 0.25) is 5.91 Å². The third-order valence-corrected chi connectivity index (χ3v) is 3.44. The molecule has 22 heavy (non-hydrogen) atoms. The van der Waals surface area contributed by atoms with Crippen molar-refractivity contribution < 1.29 is 19.4 Å². The summed E-state index contributed by atoms with van der Waals surface area (Å²) in [5.74, 6) is -0.644. The van der Waals surface area contributed by atoms with Crippen LogP contribution < -0.4 is 5.32 Å². The number of rotatable bonds is 5. The number of carbonyl (C=O) groups excluding carboxylic acids is 1. The van der Waals surface area contributed by atoms with Crippen molar-refractivity contribution in [2.75, 3.05) is 6.54 Å². The number of hydrogen-bond donors (Lipinski definition) is 3. The number of aliphatic hydroxyl groups is 1. The van der Waals surface area contributed by atoms with E-state index in [9.17, 15) is 19.4 Å². The topological polar surface area (TPSA) is 69.6 Å². The van der Waals surface area contributed by atoms with E-state index in [0.29, 0.717) is 11.1 Å². The molecule has 116 valence electrons. The first-order valence-electron chi connectivity index (χ1n) is 6.90. The Morgan fingerprint density at radius 3 is 2.45 bits per heavy atom. The van der Waals surface area contributed by atoms with Gasteiger partial charge in [0, 0.05) is 5.56 Å². The standard InChI is InChI=1S/C17H18FNO3/c1-17(22,13-6-8-14(18)9-7-13)11-19-16(21)10-12-4-2-3-5-15(12)20/h2-9,20,22H,10-11H2,1H3,(H,19,21). The molecular weight excluding hydrogens is 285 g/mol. The molecule has 0 bridgehead atoms. The normalized spacial score (nSPS) is 13.4. The first kappa shape index (κ1) is 16.0. The highest BCUT2D eigenvalue weighted by Crippen LogP contribution is 2.20. The number of benzene rings is 2. The van der Waals surface area contributed by atoms with Gasteiger partial charge in [-0.25, -0.2) is 4.39 Å². The molecule has 3 N–H and O–H groups in total. The van der Waals surface area contributed by atoms with E-state index in [1.165, 1.54) is 30.3 Å². The molecule has 0 radical (unpaired) electrons. The van der Waals surface area contributed by atoms with E-state index in [0.717, 1.165) is 0 Å². The fraction of sp³-hybridized carbons (Fsp3) is 0.235. The van der Waals surface area contributed by atoms with Gasteiger partial charge in [-0.3, -0.25) is 4.79 Å². The van der Waals surface area contributed by atoms with Crippen LogP contribution in [0, 0.1) is 5.82 Å². The van der Waals surface area contributed by atoms with E-state index in [1.54, 1.807) is 25.1 Å². The molecule has 0 fully saturated rings. The van der Waals surface area contributed by atoms with E-state index in [4.69, 9.17) is 0 Å². The average molecular weight is 303 g/mol. The predicted molar refractivity (Wildman–Crippen MR) is 80.8 cm³/mol. The van der Waals surface area contributed by atoms with Crippen LogP contribution in [0.4, 0.5) is 4.39 Å². The molecule has 1 amide bonds. The second-order valence-electron chi connectivity index (χ2n) is 5.36. The quantitative estimate of drug-likeness (QED) is 0.792. The van der Waals surface area contributed by atoms with Crippen LogP contribution in [0.25, 0.3) is 0 Å². The Kier molecular flexibility index (Phi) is 4.78. The first-order chi connectivity index (χ1) is 10.4. The lowest BCUT2D eigenvalue weighted by Gasteiger charge is -2.24. The van der Waals surface area contributed by atoms with Crippen LogP contribution in [0.5, 0.6) is 5.75 Å². The molecule has 0 aliphatic carbocycles. The van der Waals surface area contributed by atoms with E-state index in [2.05, 4.69) is 5.32 Å². The van der Waals surface area contributed by atoms with E-state index < -0.39 is 5.60 Å². The first-order valence-corrected chi connectivity index (χ1v) is 6.90. The van der Waals surface area contributed by atoms with Gasteiger partial charge in [0.15, 0.2) is 0 Å². The van der Waals surface area contributed by atoms with Crippen LogP contribution in [-0.4, -0.2) is 22.7 Å². The zero-order valence-corrected chi connectivity index (χ0v) is 12.2. The van der Waals surface area contributed by atoms with E-state index in [1.807, 2.05) is 0 Å². The number of phenols is 1. The highest BCUT2D eigenvalue weighted by Gasteiger charge is 2.24. The van der Waals surface area contributed by atoms with Crippen LogP contribution in [0.3, 0.4) is 0 Å². The van der Waals surface area contributed by atoms with Crippen molar-refractivity contribution in [1.29, 1.82) is 0 Å². The van der Waals surface area contributed by atoms with Gasteiger partial charge in [-0.1, -0.05) is 30.3 Å². The van der Waals surface area contributed by atoms with Crippen LogP contribution >= 0.6 is 0 Å². The minimum Gasteiger partial charge on any atom is -0.508 e. The third-order valence-electron chi connectivity index (χ3n) is 3.44. The Morgan fingerprint density at radius 2 is 1.82 bits per heavy atom. The summed E-state index contributed by atoms with van der Waals surface area (Å²) < 4.78 is 12.9. The van der Waals surface area contributed by atoms with E-state index in [-0.39, 0.29) is 30.4 Å².